The van der Waals surface area contributed by atoms with E-state index in [1.165, 1.54) is 0 Å². The van der Waals surface area contributed by atoms with Gasteiger partial charge in [-0.15, -0.1) is 0 Å². The lowest BCUT2D eigenvalue weighted by Crippen LogP contribution is -2.30. The lowest BCUT2D eigenvalue weighted by molar-refractivity contribution is -0.118. The van der Waals surface area contributed by atoms with Crippen LogP contribution in [-0.4, -0.2) is 13.0 Å². The van der Waals surface area contributed by atoms with Crippen molar-refractivity contribution in [3.8, 4) is 16.9 Å². The summed E-state index contributed by atoms with van der Waals surface area (Å²) in [6.45, 7) is 2.61. The van der Waals surface area contributed by atoms with Gasteiger partial charge in [-0.05, 0) is 53.4 Å². The Morgan fingerprint density at radius 1 is 0.966 bits per heavy atom. The van der Waals surface area contributed by atoms with Gasteiger partial charge >= 0.3 is 0 Å². The Balaban J connectivity index is 1.80. The zero-order chi connectivity index (χ0) is 20.6. The van der Waals surface area contributed by atoms with Gasteiger partial charge in [-0.25, -0.2) is 0 Å². The molecule has 0 aliphatic rings. The highest BCUT2D eigenvalue weighted by Gasteiger charge is 2.16. The maximum atomic E-state index is 12.8. The lowest BCUT2D eigenvalue weighted by atomic mass is 10.0. The summed E-state index contributed by atoms with van der Waals surface area (Å²) >= 11 is 6.16. The van der Waals surface area contributed by atoms with Crippen LogP contribution >= 0.6 is 11.6 Å². The molecule has 0 aliphatic heterocycles. The molecule has 0 heterocycles. The van der Waals surface area contributed by atoms with Gasteiger partial charge in [0, 0.05) is 17.1 Å². The molecule has 0 spiro atoms. The number of amides is 1. The second-order valence-corrected chi connectivity index (χ2v) is 7.43. The molecule has 0 atom stereocenters. The Bertz CT molecular complexity index is 936. The van der Waals surface area contributed by atoms with Crippen molar-refractivity contribution in [1.29, 1.82) is 0 Å². The minimum Gasteiger partial charge on any atom is -0.497 e. The fourth-order valence-electron chi connectivity index (χ4n) is 3.20. The third-order valence-electron chi connectivity index (χ3n) is 4.88. The summed E-state index contributed by atoms with van der Waals surface area (Å²) in [7, 11) is 1.66. The second kappa shape index (κ2) is 10.1. The van der Waals surface area contributed by atoms with Crippen LogP contribution in [0.25, 0.3) is 11.1 Å². The Hall–Kier alpha value is -2.78. The van der Waals surface area contributed by atoms with Crippen molar-refractivity contribution in [2.45, 2.75) is 32.7 Å². The van der Waals surface area contributed by atoms with Gasteiger partial charge in [-0.2, -0.15) is 0 Å². The van der Waals surface area contributed by atoms with Crippen LogP contribution in [0.4, 0.5) is 5.69 Å². The standard InChI is InChI=1S/C25H26ClNO2/c1-3-4-8-25(28)27(23-7-5-6-22(26)17-23)18-19-9-11-20(12-10-19)21-13-15-24(29-2)16-14-21/h5-7,9-17H,3-4,8,18H2,1-2H3. The first-order valence-electron chi connectivity index (χ1n) is 9.90. The molecule has 1 amide bonds. The Labute approximate surface area is 177 Å². The third-order valence-corrected chi connectivity index (χ3v) is 5.12. The first-order valence-corrected chi connectivity index (χ1v) is 10.3. The van der Waals surface area contributed by atoms with E-state index in [-0.39, 0.29) is 5.91 Å². The SMILES string of the molecule is CCCCC(=O)N(Cc1ccc(-c2ccc(OC)cc2)cc1)c1cccc(Cl)c1. The maximum Gasteiger partial charge on any atom is 0.227 e. The van der Waals surface area contributed by atoms with Crippen LogP contribution in [0, 0.1) is 0 Å². The number of rotatable bonds is 8. The van der Waals surface area contributed by atoms with Crippen molar-refractivity contribution in [2.24, 2.45) is 0 Å². The van der Waals surface area contributed by atoms with E-state index in [2.05, 4.69) is 31.2 Å². The molecule has 0 radical (unpaired) electrons. The highest BCUT2D eigenvalue weighted by Crippen LogP contribution is 2.25. The molecular weight excluding hydrogens is 382 g/mol. The lowest BCUT2D eigenvalue weighted by Gasteiger charge is -2.23. The molecule has 0 unspecified atom stereocenters. The van der Waals surface area contributed by atoms with E-state index in [0.717, 1.165) is 41.0 Å². The molecular formula is C25H26ClNO2. The van der Waals surface area contributed by atoms with E-state index in [1.54, 1.807) is 7.11 Å². The smallest absolute Gasteiger partial charge is 0.227 e. The number of anilines is 1. The normalized spacial score (nSPS) is 10.6. The summed E-state index contributed by atoms with van der Waals surface area (Å²) in [4.78, 5) is 14.7. The molecule has 0 aliphatic carbocycles. The number of benzene rings is 3. The monoisotopic (exact) mass is 407 g/mol. The van der Waals surface area contributed by atoms with Crippen LogP contribution in [0.2, 0.25) is 5.02 Å². The molecule has 0 aromatic heterocycles. The van der Waals surface area contributed by atoms with Gasteiger partial charge in [-0.1, -0.05) is 67.4 Å². The van der Waals surface area contributed by atoms with Gasteiger partial charge in [-0.3, -0.25) is 4.79 Å². The van der Waals surface area contributed by atoms with E-state index >= 15 is 0 Å². The topological polar surface area (TPSA) is 29.5 Å². The molecule has 0 saturated carbocycles. The molecule has 3 aromatic rings. The van der Waals surface area contributed by atoms with Gasteiger partial charge < -0.3 is 9.64 Å². The van der Waals surface area contributed by atoms with Crippen LogP contribution in [0.3, 0.4) is 0 Å². The zero-order valence-electron chi connectivity index (χ0n) is 16.9. The van der Waals surface area contributed by atoms with E-state index in [0.29, 0.717) is 18.0 Å². The molecule has 0 saturated heterocycles. The predicted octanol–water partition coefficient (Wildman–Crippen LogP) is 6.74. The summed E-state index contributed by atoms with van der Waals surface area (Å²) in [5.41, 5.74) is 4.16. The largest absolute Gasteiger partial charge is 0.497 e. The Morgan fingerprint density at radius 2 is 1.62 bits per heavy atom. The Morgan fingerprint density at radius 3 is 2.21 bits per heavy atom. The quantitative estimate of drug-likeness (QED) is 0.413. The molecule has 150 valence electrons. The molecule has 0 N–H and O–H groups in total. The van der Waals surface area contributed by atoms with E-state index < -0.39 is 0 Å². The van der Waals surface area contributed by atoms with Crippen molar-refractivity contribution in [2.75, 3.05) is 12.0 Å². The molecule has 4 heteroatoms. The van der Waals surface area contributed by atoms with Crippen LogP contribution in [0.1, 0.15) is 31.7 Å². The molecule has 3 rings (SSSR count). The van der Waals surface area contributed by atoms with Gasteiger partial charge in [0.15, 0.2) is 0 Å². The number of unbranched alkanes of at least 4 members (excludes halogenated alkanes) is 1. The zero-order valence-corrected chi connectivity index (χ0v) is 17.7. The number of nitrogens with zero attached hydrogens (tertiary/aromatic N) is 1. The number of hydrogen-bond donors (Lipinski definition) is 0. The summed E-state index contributed by atoms with van der Waals surface area (Å²) < 4.78 is 5.22. The van der Waals surface area contributed by atoms with Gasteiger partial charge in [0.2, 0.25) is 5.91 Å². The number of halogens is 1. The van der Waals surface area contributed by atoms with Crippen molar-refractivity contribution in [3.05, 3.63) is 83.4 Å². The van der Waals surface area contributed by atoms with Crippen LogP contribution in [-0.2, 0) is 11.3 Å². The second-order valence-electron chi connectivity index (χ2n) is 6.99. The summed E-state index contributed by atoms with van der Waals surface area (Å²) in [5, 5.41) is 0.630. The van der Waals surface area contributed by atoms with Crippen molar-refractivity contribution < 1.29 is 9.53 Å². The van der Waals surface area contributed by atoms with Gasteiger partial charge in [0.05, 0.1) is 13.7 Å². The molecule has 3 nitrogen and oxygen atoms in total. The number of carbonyl (C=O) groups is 1. The highest BCUT2D eigenvalue weighted by atomic mass is 35.5. The molecule has 0 fully saturated rings. The van der Waals surface area contributed by atoms with E-state index in [9.17, 15) is 4.79 Å². The summed E-state index contributed by atoms with van der Waals surface area (Å²) in [6, 6.07) is 23.8. The van der Waals surface area contributed by atoms with Crippen LogP contribution < -0.4 is 9.64 Å². The minimum absolute atomic E-state index is 0.119. The van der Waals surface area contributed by atoms with Gasteiger partial charge in [0.25, 0.3) is 0 Å². The first kappa shape index (κ1) is 20.9. The fraction of sp³-hybridized carbons (Fsp3) is 0.240. The third kappa shape index (κ3) is 5.61. The number of carbonyl (C=O) groups excluding carboxylic acids is 1. The number of hydrogen-bond acceptors (Lipinski definition) is 2. The average Bonchev–Trinajstić information content (AvgIpc) is 2.76. The first-order chi connectivity index (χ1) is 14.1. The van der Waals surface area contributed by atoms with E-state index in [4.69, 9.17) is 16.3 Å². The minimum atomic E-state index is 0.119. The summed E-state index contributed by atoms with van der Waals surface area (Å²) in [6.07, 6.45) is 2.41. The van der Waals surface area contributed by atoms with Crippen LogP contribution in [0.5, 0.6) is 5.75 Å². The molecule has 0 bridgehead atoms. The highest BCUT2D eigenvalue weighted by molar-refractivity contribution is 6.30. The number of ether oxygens (including phenoxy) is 1. The molecule has 3 aromatic carbocycles. The fourth-order valence-corrected chi connectivity index (χ4v) is 3.38. The van der Waals surface area contributed by atoms with Crippen molar-refractivity contribution in [1.82, 2.24) is 0 Å². The van der Waals surface area contributed by atoms with E-state index in [1.807, 2.05) is 53.4 Å². The van der Waals surface area contributed by atoms with Crippen molar-refractivity contribution in [3.63, 3.8) is 0 Å². The summed E-state index contributed by atoms with van der Waals surface area (Å²) in [5.74, 6) is 0.960. The van der Waals surface area contributed by atoms with Crippen molar-refractivity contribution >= 4 is 23.2 Å². The predicted molar refractivity (Wildman–Crippen MR) is 121 cm³/mol. The van der Waals surface area contributed by atoms with Crippen LogP contribution in [0.15, 0.2) is 72.8 Å². The maximum absolute atomic E-state index is 12.8. The number of methoxy groups -OCH3 is 1. The van der Waals surface area contributed by atoms with Gasteiger partial charge in [0.1, 0.15) is 5.75 Å². The average molecular weight is 408 g/mol. The molecule has 29 heavy (non-hydrogen) atoms. The Kier molecular flexibility index (Phi) is 7.31.